The van der Waals surface area contributed by atoms with E-state index in [1.807, 2.05) is 31.1 Å². The van der Waals surface area contributed by atoms with Gasteiger partial charge in [-0.2, -0.15) is 0 Å². The second-order valence-corrected chi connectivity index (χ2v) is 4.13. The third-order valence-electron chi connectivity index (χ3n) is 2.55. The van der Waals surface area contributed by atoms with Crippen LogP contribution in [-0.4, -0.2) is 37.7 Å². The third-order valence-corrected chi connectivity index (χ3v) is 2.55. The first kappa shape index (κ1) is 10.5. The number of benzene rings is 1. The molecule has 1 aliphatic heterocycles. The van der Waals surface area contributed by atoms with E-state index in [4.69, 9.17) is 10.4 Å². The fourth-order valence-electron chi connectivity index (χ4n) is 1.88. The van der Waals surface area contributed by atoms with Crippen molar-refractivity contribution < 1.29 is 9.68 Å². The van der Waals surface area contributed by atoms with Gasteiger partial charge in [0.15, 0.2) is 0 Å². The maximum absolute atomic E-state index is 9.69. The summed E-state index contributed by atoms with van der Waals surface area (Å²) in [5.74, 6) is 0. The van der Waals surface area contributed by atoms with E-state index in [1.54, 1.807) is 6.07 Å². The molecule has 0 fully saturated rings. The van der Waals surface area contributed by atoms with Crippen molar-refractivity contribution in [2.45, 2.75) is 6.10 Å². The molecule has 0 saturated heterocycles. The van der Waals surface area contributed by atoms with E-state index in [-0.39, 0.29) is 6.10 Å². The summed E-state index contributed by atoms with van der Waals surface area (Å²) in [4.78, 5) is 2.03. The molecule has 5 heteroatoms. The number of fused-ring (bicyclic) bond motifs is 1. The van der Waals surface area contributed by atoms with Crippen molar-refractivity contribution >= 4 is 18.3 Å². The highest BCUT2D eigenvalue weighted by Crippen LogP contribution is 2.24. The Morgan fingerprint density at radius 2 is 2.27 bits per heavy atom. The van der Waals surface area contributed by atoms with Gasteiger partial charge in [-0.05, 0) is 37.3 Å². The molecule has 0 aliphatic carbocycles. The van der Waals surface area contributed by atoms with Crippen LogP contribution in [0, 0.1) is 0 Å². The molecule has 0 aromatic heterocycles. The van der Waals surface area contributed by atoms with E-state index in [0.29, 0.717) is 5.69 Å². The summed E-state index contributed by atoms with van der Waals surface area (Å²) >= 11 is 0. The van der Waals surface area contributed by atoms with Crippen LogP contribution in [0.2, 0.25) is 0 Å². The maximum atomic E-state index is 9.69. The van der Waals surface area contributed by atoms with Crippen molar-refractivity contribution in [1.29, 1.82) is 0 Å². The van der Waals surface area contributed by atoms with Crippen molar-refractivity contribution in [2.24, 2.45) is 0 Å². The van der Waals surface area contributed by atoms with Gasteiger partial charge in [0.2, 0.25) is 0 Å². The van der Waals surface area contributed by atoms with Gasteiger partial charge in [-0.1, -0.05) is 6.07 Å². The number of nitrogens with zero attached hydrogens (tertiary/aromatic N) is 1. The first-order valence-corrected chi connectivity index (χ1v) is 4.95. The van der Waals surface area contributed by atoms with Crippen LogP contribution in [0.3, 0.4) is 0 Å². The van der Waals surface area contributed by atoms with Gasteiger partial charge in [0.1, 0.15) is 0 Å². The number of nitrogen functional groups attached to an aromatic ring is 1. The van der Waals surface area contributed by atoms with E-state index in [1.165, 1.54) is 0 Å². The zero-order valence-corrected chi connectivity index (χ0v) is 8.97. The second-order valence-electron chi connectivity index (χ2n) is 4.13. The molecule has 1 unspecified atom stereocenters. The molecule has 4 nitrogen and oxygen atoms in total. The van der Waals surface area contributed by atoms with Gasteiger partial charge in [-0.3, -0.25) is 0 Å². The average molecular weight is 206 g/mol. The molecule has 1 atom stereocenters. The van der Waals surface area contributed by atoms with Gasteiger partial charge in [0.25, 0.3) is 0 Å². The van der Waals surface area contributed by atoms with Crippen LogP contribution in [0.25, 0.3) is 0 Å². The molecule has 1 heterocycles. The van der Waals surface area contributed by atoms with Crippen molar-refractivity contribution in [1.82, 2.24) is 4.90 Å². The summed E-state index contributed by atoms with van der Waals surface area (Å²) in [6.07, 6.45) is -0.0643. The molecule has 2 rings (SSSR count). The number of hydrogen-bond acceptors (Lipinski definition) is 4. The van der Waals surface area contributed by atoms with Gasteiger partial charge in [0, 0.05) is 12.2 Å². The lowest BCUT2D eigenvalue weighted by Crippen LogP contribution is -2.28. The van der Waals surface area contributed by atoms with Crippen molar-refractivity contribution in [3.8, 4) is 0 Å². The zero-order chi connectivity index (χ0) is 11.0. The summed E-state index contributed by atoms with van der Waals surface area (Å²) in [5, 5.41) is 9.69. The lowest BCUT2D eigenvalue weighted by atomic mass is 9.79. The second kappa shape index (κ2) is 3.85. The highest BCUT2D eigenvalue weighted by Gasteiger charge is 2.35. The number of rotatable bonds is 2. The molecule has 1 aliphatic rings. The molecule has 0 saturated carbocycles. The minimum Gasteiger partial charge on any atom is -0.423 e. The van der Waals surface area contributed by atoms with Crippen LogP contribution < -0.4 is 11.2 Å². The van der Waals surface area contributed by atoms with Crippen molar-refractivity contribution in [3.05, 3.63) is 23.8 Å². The fourth-order valence-corrected chi connectivity index (χ4v) is 1.88. The van der Waals surface area contributed by atoms with Crippen LogP contribution in [-0.2, 0) is 4.65 Å². The molecule has 3 N–H and O–H groups in total. The average Bonchev–Trinajstić information content (AvgIpc) is 2.42. The Balaban J connectivity index is 2.30. The van der Waals surface area contributed by atoms with E-state index in [2.05, 4.69) is 0 Å². The molecule has 0 amide bonds. The highest BCUT2D eigenvalue weighted by atomic mass is 16.5. The Bertz CT molecular complexity index is 370. The third kappa shape index (κ3) is 1.99. The highest BCUT2D eigenvalue weighted by molar-refractivity contribution is 6.61. The van der Waals surface area contributed by atoms with Crippen LogP contribution in [0.5, 0.6) is 0 Å². The summed E-state index contributed by atoms with van der Waals surface area (Å²) in [7, 11) is 3.12. The lowest BCUT2D eigenvalue weighted by molar-refractivity contribution is 0.153. The van der Waals surface area contributed by atoms with E-state index in [9.17, 15) is 5.02 Å². The van der Waals surface area contributed by atoms with Crippen LogP contribution in [0.1, 0.15) is 11.7 Å². The topological polar surface area (TPSA) is 58.7 Å². The smallest absolute Gasteiger partial charge is 0.423 e. The predicted molar refractivity (Wildman–Crippen MR) is 60.8 cm³/mol. The van der Waals surface area contributed by atoms with Crippen molar-refractivity contribution in [3.63, 3.8) is 0 Å². The molecule has 0 radical (unpaired) electrons. The number of likely N-dealkylation sites (N-methyl/N-ethyl adjacent to an activating group) is 1. The minimum absolute atomic E-state index is 0.0643. The molecule has 0 spiro atoms. The Morgan fingerprint density at radius 1 is 1.53 bits per heavy atom. The lowest BCUT2D eigenvalue weighted by Gasteiger charge is -2.17. The minimum atomic E-state index is -0.839. The number of nitrogens with two attached hydrogens (primary N) is 1. The molecule has 80 valence electrons. The first-order valence-electron chi connectivity index (χ1n) is 4.95. The number of hydrogen-bond donors (Lipinski definition) is 2. The van der Waals surface area contributed by atoms with Gasteiger partial charge < -0.3 is 20.3 Å². The van der Waals surface area contributed by atoms with Crippen LogP contribution >= 0.6 is 0 Å². The Morgan fingerprint density at radius 3 is 2.93 bits per heavy atom. The maximum Gasteiger partial charge on any atom is 0.492 e. The molecule has 1 aromatic carbocycles. The first-order chi connectivity index (χ1) is 7.08. The summed E-state index contributed by atoms with van der Waals surface area (Å²) in [6, 6.07) is 5.54. The Kier molecular flexibility index (Phi) is 2.69. The molecule has 0 bridgehead atoms. The van der Waals surface area contributed by atoms with E-state index >= 15 is 0 Å². The standard InChI is InChI=1S/C10H15BN2O2/c1-13(2)6-10-8-4-3-7(12)5-9(8)11(14)15-10/h3-5,10,14H,6,12H2,1-2H3. The Hall–Kier alpha value is -1.04. The molecular formula is C10H15BN2O2. The summed E-state index contributed by atoms with van der Waals surface area (Å²) in [6.45, 7) is 0.758. The predicted octanol–water partition coefficient (Wildman–Crippen LogP) is -0.411. The zero-order valence-electron chi connectivity index (χ0n) is 8.97. The molecular weight excluding hydrogens is 191 g/mol. The van der Waals surface area contributed by atoms with Gasteiger partial charge in [0.05, 0.1) is 6.10 Å². The van der Waals surface area contributed by atoms with Crippen LogP contribution in [0.15, 0.2) is 18.2 Å². The summed E-state index contributed by atoms with van der Waals surface area (Å²) in [5.41, 5.74) is 8.14. The summed E-state index contributed by atoms with van der Waals surface area (Å²) < 4.78 is 5.46. The van der Waals surface area contributed by atoms with Crippen molar-refractivity contribution in [2.75, 3.05) is 26.4 Å². The quantitative estimate of drug-likeness (QED) is 0.510. The van der Waals surface area contributed by atoms with Crippen LogP contribution in [0.4, 0.5) is 5.69 Å². The van der Waals surface area contributed by atoms with Gasteiger partial charge in [-0.15, -0.1) is 0 Å². The van der Waals surface area contributed by atoms with Gasteiger partial charge >= 0.3 is 7.12 Å². The fraction of sp³-hybridized carbons (Fsp3) is 0.400. The van der Waals surface area contributed by atoms with E-state index in [0.717, 1.165) is 17.6 Å². The molecule has 15 heavy (non-hydrogen) atoms. The normalized spacial score (nSPS) is 19.7. The Labute approximate surface area is 89.8 Å². The largest absolute Gasteiger partial charge is 0.492 e. The van der Waals surface area contributed by atoms with Gasteiger partial charge in [-0.25, -0.2) is 0 Å². The SMILES string of the molecule is CN(C)CC1OB(O)c2cc(N)ccc21. The number of anilines is 1. The monoisotopic (exact) mass is 206 g/mol. The van der Waals surface area contributed by atoms with E-state index < -0.39 is 7.12 Å². The molecule has 1 aromatic rings.